The molecule has 2 aromatic rings. The SMILES string of the molecule is N#Cc1cccnc1N1CCN(C(=O)/C=C/c2cccc(Br)c2)CC1. The van der Waals surface area contributed by atoms with Gasteiger partial charge in [-0.05, 0) is 35.9 Å². The van der Waals surface area contributed by atoms with Crippen molar-refractivity contribution in [1.82, 2.24) is 9.88 Å². The second-order valence-corrected chi connectivity index (χ2v) is 6.60. The second kappa shape index (κ2) is 7.95. The fraction of sp³-hybridized carbons (Fsp3) is 0.211. The number of carbonyl (C=O) groups excluding carboxylic acids is 1. The van der Waals surface area contributed by atoms with Gasteiger partial charge in [-0.2, -0.15) is 5.26 Å². The smallest absolute Gasteiger partial charge is 0.246 e. The maximum Gasteiger partial charge on any atom is 0.246 e. The van der Waals surface area contributed by atoms with Crippen molar-refractivity contribution < 1.29 is 4.79 Å². The van der Waals surface area contributed by atoms with Crippen LogP contribution in [0, 0.1) is 11.3 Å². The molecule has 6 heteroatoms. The molecule has 0 unspecified atom stereocenters. The zero-order valence-electron chi connectivity index (χ0n) is 13.6. The Hall–Kier alpha value is -2.65. The lowest BCUT2D eigenvalue weighted by atomic mass is 10.2. The van der Waals surface area contributed by atoms with E-state index in [9.17, 15) is 10.1 Å². The van der Waals surface area contributed by atoms with E-state index in [-0.39, 0.29) is 5.91 Å². The summed E-state index contributed by atoms with van der Waals surface area (Å²) in [5.41, 5.74) is 1.55. The molecule has 0 bridgehead atoms. The van der Waals surface area contributed by atoms with Gasteiger partial charge in [0.1, 0.15) is 11.9 Å². The first-order chi connectivity index (χ1) is 12.2. The molecule has 126 valence electrons. The normalized spacial score (nSPS) is 14.6. The number of nitriles is 1. The molecule has 25 heavy (non-hydrogen) atoms. The Morgan fingerprint density at radius 1 is 1.20 bits per heavy atom. The maximum absolute atomic E-state index is 12.4. The third-order valence-corrected chi connectivity index (χ3v) is 4.56. The fourth-order valence-corrected chi connectivity index (χ4v) is 3.18. The number of amides is 1. The van der Waals surface area contributed by atoms with E-state index in [1.807, 2.05) is 35.2 Å². The lowest BCUT2D eigenvalue weighted by Gasteiger charge is -2.35. The molecule has 0 atom stereocenters. The standard InChI is InChI=1S/C19H17BrN4O/c20-17-5-1-3-15(13-17)6-7-18(25)23-9-11-24(12-10-23)19-16(14-21)4-2-8-22-19/h1-8,13H,9-12H2/b7-6+. The summed E-state index contributed by atoms with van der Waals surface area (Å²) < 4.78 is 0.986. The molecule has 1 aromatic heterocycles. The number of rotatable bonds is 3. The molecule has 1 saturated heterocycles. The molecule has 0 saturated carbocycles. The number of halogens is 1. The molecule has 0 aliphatic carbocycles. The van der Waals surface area contributed by atoms with E-state index in [0.717, 1.165) is 10.0 Å². The summed E-state index contributed by atoms with van der Waals surface area (Å²) in [6, 6.07) is 13.5. The summed E-state index contributed by atoms with van der Waals surface area (Å²) in [4.78, 5) is 20.5. The topological polar surface area (TPSA) is 60.2 Å². The lowest BCUT2D eigenvalue weighted by Crippen LogP contribution is -2.48. The Morgan fingerprint density at radius 3 is 2.72 bits per heavy atom. The first kappa shape index (κ1) is 17.2. The molecule has 3 rings (SSSR count). The van der Waals surface area contributed by atoms with Crippen molar-refractivity contribution in [3.63, 3.8) is 0 Å². The van der Waals surface area contributed by atoms with E-state index >= 15 is 0 Å². The molecular formula is C19H17BrN4O. The molecular weight excluding hydrogens is 380 g/mol. The number of hydrogen-bond donors (Lipinski definition) is 0. The van der Waals surface area contributed by atoms with Gasteiger partial charge in [-0.15, -0.1) is 0 Å². The van der Waals surface area contributed by atoms with Gasteiger partial charge in [0, 0.05) is 42.9 Å². The predicted octanol–water partition coefficient (Wildman–Crippen LogP) is 3.08. The first-order valence-corrected chi connectivity index (χ1v) is 8.79. The summed E-state index contributed by atoms with van der Waals surface area (Å²) in [5.74, 6) is 0.697. The van der Waals surface area contributed by atoms with Crippen LogP contribution in [0.25, 0.3) is 6.08 Å². The molecule has 1 fully saturated rings. The van der Waals surface area contributed by atoms with Crippen molar-refractivity contribution in [3.8, 4) is 6.07 Å². The van der Waals surface area contributed by atoms with Gasteiger partial charge in [0.25, 0.3) is 0 Å². The maximum atomic E-state index is 12.4. The Bertz CT molecular complexity index is 835. The first-order valence-electron chi connectivity index (χ1n) is 8.00. The number of hydrogen-bond acceptors (Lipinski definition) is 4. The van der Waals surface area contributed by atoms with Crippen LogP contribution in [-0.2, 0) is 4.79 Å². The Morgan fingerprint density at radius 2 is 2.00 bits per heavy atom. The fourth-order valence-electron chi connectivity index (χ4n) is 2.76. The Balaban J connectivity index is 1.60. The molecule has 1 aromatic carbocycles. The van der Waals surface area contributed by atoms with Gasteiger partial charge >= 0.3 is 0 Å². The van der Waals surface area contributed by atoms with Gasteiger partial charge in [0.2, 0.25) is 5.91 Å². The van der Waals surface area contributed by atoms with Crippen LogP contribution in [0.5, 0.6) is 0 Å². The highest BCUT2D eigenvalue weighted by Crippen LogP contribution is 2.18. The third kappa shape index (κ3) is 4.25. The van der Waals surface area contributed by atoms with E-state index in [1.54, 1.807) is 24.4 Å². The summed E-state index contributed by atoms with van der Waals surface area (Å²) in [6.45, 7) is 2.57. The van der Waals surface area contributed by atoms with Crippen molar-refractivity contribution in [1.29, 1.82) is 5.26 Å². The van der Waals surface area contributed by atoms with Crippen LogP contribution in [0.4, 0.5) is 5.82 Å². The van der Waals surface area contributed by atoms with Crippen molar-refractivity contribution >= 4 is 33.7 Å². The molecule has 1 amide bonds. The minimum atomic E-state index is 0.00107. The van der Waals surface area contributed by atoms with Gasteiger partial charge < -0.3 is 9.80 Å². The van der Waals surface area contributed by atoms with Crippen LogP contribution >= 0.6 is 15.9 Å². The van der Waals surface area contributed by atoms with E-state index < -0.39 is 0 Å². The van der Waals surface area contributed by atoms with Gasteiger partial charge in [0.05, 0.1) is 5.56 Å². The van der Waals surface area contributed by atoms with Crippen LogP contribution in [-0.4, -0.2) is 42.0 Å². The number of nitrogens with zero attached hydrogens (tertiary/aromatic N) is 4. The quantitative estimate of drug-likeness (QED) is 0.747. The minimum Gasteiger partial charge on any atom is -0.352 e. The van der Waals surface area contributed by atoms with Crippen LogP contribution in [0.3, 0.4) is 0 Å². The van der Waals surface area contributed by atoms with Crippen molar-refractivity contribution in [2.45, 2.75) is 0 Å². The van der Waals surface area contributed by atoms with Crippen molar-refractivity contribution in [3.05, 3.63) is 64.3 Å². The summed E-state index contributed by atoms with van der Waals surface area (Å²) >= 11 is 3.42. The summed E-state index contributed by atoms with van der Waals surface area (Å²) in [6.07, 6.45) is 5.12. The Labute approximate surface area is 155 Å². The molecule has 5 nitrogen and oxygen atoms in total. The van der Waals surface area contributed by atoms with Crippen LogP contribution in [0.1, 0.15) is 11.1 Å². The molecule has 0 spiro atoms. The largest absolute Gasteiger partial charge is 0.352 e. The average Bonchev–Trinajstić information content (AvgIpc) is 2.66. The Kier molecular flexibility index (Phi) is 5.46. The molecule has 1 aliphatic rings. The monoisotopic (exact) mass is 396 g/mol. The van der Waals surface area contributed by atoms with Crippen LogP contribution < -0.4 is 4.90 Å². The van der Waals surface area contributed by atoms with Gasteiger partial charge in [-0.25, -0.2) is 4.98 Å². The van der Waals surface area contributed by atoms with E-state index in [0.29, 0.717) is 37.6 Å². The van der Waals surface area contributed by atoms with E-state index in [1.165, 1.54) is 0 Å². The highest BCUT2D eigenvalue weighted by Gasteiger charge is 2.22. The number of carbonyl (C=O) groups is 1. The van der Waals surface area contributed by atoms with E-state index in [4.69, 9.17) is 0 Å². The second-order valence-electron chi connectivity index (χ2n) is 5.69. The zero-order chi connectivity index (χ0) is 17.6. The van der Waals surface area contributed by atoms with Crippen molar-refractivity contribution in [2.24, 2.45) is 0 Å². The third-order valence-electron chi connectivity index (χ3n) is 4.07. The summed E-state index contributed by atoms with van der Waals surface area (Å²) in [7, 11) is 0. The summed E-state index contributed by atoms with van der Waals surface area (Å²) in [5, 5.41) is 9.19. The van der Waals surface area contributed by atoms with Crippen LogP contribution in [0.15, 0.2) is 53.1 Å². The minimum absolute atomic E-state index is 0.00107. The molecule has 2 heterocycles. The number of piperazine rings is 1. The number of anilines is 1. The van der Waals surface area contributed by atoms with Crippen molar-refractivity contribution in [2.75, 3.05) is 31.1 Å². The number of benzene rings is 1. The van der Waals surface area contributed by atoms with Crippen LogP contribution in [0.2, 0.25) is 0 Å². The molecule has 1 aliphatic heterocycles. The predicted molar refractivity (Wildman–Crippen MR) is 101 cm³/mol. The van der Waals surface area contributed by atoms with Gasteiger partial charge in [0.15, 0.2) is 0 Å². The molecule has 0 radical (unpaired) electrons. The highest BCUT2D eigenvalue weighted by molar-refractivity contribution is 9.10. The van der Waals surface area contributed by atoms with Gasteiger partial charge in [-0.1, -0.05) is 28.1 Å². The average molecular weight is 397 g/mol. The van der Waals surface area contributed by atoms with E-state index in [2.05, 4.69) is 31.9 Å². The van der Waals surface area contributed by atoms with Gasteiger partial charge in [-0.3, -0.25) is 4.79 Å². The zero-order valence-corrected chi connectivity index (χ0v) is 15.2. The number of pyridine rings is 1. The highest BCUT2D eigenvalue weighted by atomic mass is 79.9. The molecule has 0 N–H and O–H groups in total. The lowest BCUT2D eigenvalue weighted by molar-refractivity contribution is -0.126. The number of aromatic nitrogens is 1.